The Balaban J connectivity index is 1.35. The Morgan fingerprint density at radius 1 is 0.919 bits per heavy atom. The molecule has 9 heteroatoms. The van der Waals surface area contributed by atoms with E-state index < -0.39 is 6.23 Å². The molecule has 9 nitrogen and oxygen atoms in total. The van der Waals surface area contributed by atoms with Crippen LogP contribution in [0.25, 0.3) is 10.8 Å². The van der Waals surface area contributed by atoms with Crippen LogP contribution < -0.4 is 14.7 Å². The quantitative estimate of drug-likeness (QED) is 0.511. The summed E-state index contributed by atoms with van der Waals surface area (Å²) in [5, 5.41) is 22.8. The maximum absolute atomic E-state index is 10.4. The molecule has 4 heterocycles. The summed E-state index contributed by atoms with van der Waals surface area (Å²) in [5.41, 5.74) is 3.27. The second kappa shape index (κ2) is 10.2. The lowest BCUT2D eigenvalue weighted by Crippen LogP contribution is -2.50. The molecule has 2 aromatic carbocycles. The van der Waals surface area contributed by atoms with Crippen molar-refractivity contribution in [1.29, 1.82) is 0 Å². The zero-order valence-corrected chi connectivity index (χ0v) is 21.1. The summed E-state index contributed by atoms with van der Waals surface area (Å²) in [6.45, 7) is 11.2. The topological polar surface area (TPSA) is 88.4 Å². The lowest BCUT2D eigenvalue weighted by atomic mass is 10.0. The van der Waals surface area contributed by atoms with Crippen LogP contribution in [0.5, 0.6) is 5.75 Å². The number of phenolic OH excluding ortho intramolecular Hbond substituents is 1. The van der Waals surface area contributed by atoms with Crippen LogP contribution in [0, 0.1) is 0 Å². The van der Waals surface area contributed by atoms with Gasteiger partial charge in [0.15, 0.2) is 0 Å². The molecule has 1 atom stereocenters. The Hall–Kier alpha value is -3.40. The first-order valence-electron chi connectivity index (χ1n) is 13.1. The number of fused-ring (bicyclic) bond motifs is 2. The fourth-order valence-electron chi connectivity index (χ4n) is 5.65. The number of nitrogens with zero attached hydrogens (tertiary/aromatic N) is 6. The average molecular weight is 503 g/mol. The highest BCUT2D eigenvalue weighted by Gasteiger charge is 2.30. The first-order valence-corrected chi connectivity index (χ1v) is 13.1. The van der Waals surface area contributed by atoms with Crippen molar-refractivity contribution in [2.75, 3.05) is 73.7 Å². The summed E-state index contributed by atoms with van der Waals surface area (Å²) >= 11 is 0. The van der Waals surface area contributed by atoms with Crippen LogP contribution in [-0.2, 0) is 17.7 Å². The van der Waals surface area contributed by atoms with Gasteiger partial charge in [-0.2, -0.15) is 4.98 Å². The predicted molar refractivity (Wildman–Crippen MR) is 145 cm³/mol. The monoisotopic (exact) mass is 502 g/mol. The average Bonchev–Trinajstić information content (AvgIpc) is 2.96. The third-order valence-electron chi connectivity index (χ3n) is 7.69. The molecule has 3 aliphatic heterocycles. The second-order valence-corrected chi connectivity index (χ2v) is 9.90. The summed E-state index contributed by atoms with van der Waals surface area (Å²) in [6, 6.07) is 11.9. The molecular weight excluding hydrogens is 468 g/mol. The van der Waals surface area contributed by atoms with Crippen molar-refractivity contribution in [3.05, 3.63) is 60.3 Å². The Morgan fingerprint density at radius 3 is 2.49 bits per heavy atom. The van der Waals surface area contributed by atoms with E-state index in [0.717, 1.165) is 86.2 Å². The third-order valence-corrected chi connectivity index (χ3v) is 7.69. The van der Waals surface area contributed by atoms with Gasteiger partial charge >= 0.3 is 0 Å². The minimum Gasteiger partial charge on any atom is -0.508 e. The van der Waals surface area contributed by atoms with Crippen LogP contribution in [0.4, 0.5) is 17.5 Å². The summed E-state index contributed by atoms with van der Waals surface area (Å²) in [6.07, 6.45) is 1.79. The number of aromatic nitrogens is 2. The minimum atomic E-state index is -0.615. The molecule has 37 heavy (non-hydrogen) atoms. The molecule has 194 valence electrons. The summed E-state index contributed by atoms with van der Waals surface area (Å²) in [7, 11) is 0. The van der Waals surface area contributed by atoms with E-state index in [1.165, 1.54) is 5.56 Å². The number of morpholine rings is 1. The fraction of sp³-hybridized carbons (Fsp3) is 0.429. The Kier molecular flexibility index (Phi) is 6.58. The number of aliphatic hydroxyl groups is 1. The SMILES string of the molecule is C=CC(O)N1CCN(c2nc(N3CCOCC3)nc3c2CCN(c2cc(O)cc4ccccc24)C3)CC1. The number of phenols is 1. The summed E-state index contributed by atoms with van der Waals surface area (Å²) in [5.74, 6) is 2.05. The number of hydrogen-bond donors (Lipinski definition) is 2. The van der Waals surface area contributed by atoms with E-state index in [4.69, 9.17) is 14.7 Å². The Labute approximate surface area is 217 Å². The highest BCUT2D eigenvalue weighted by Crippen LogP contribution is 2.36. The van der Waals surface area contributed by atoms with Gasteiger partial charge in [0, 0.05) is 68.5 Å². The van der Waals surface area contributed by atoms with Crippen LogP contribution >= 0.6 is 0 Å². The molecular formula is C28H34N6O3. The van der Waals surface area contributed by atoms with Gasteiger partial charge in [0.25, 0.3) is 0 Å². The van der Waals surface area contributed by atoms with Crippen molar-refractivity contribution in [2.45, 2.75) is 19.2 Å². The number of ether oxygens (including phenoxy) is 1. The molecule has 0 aliphatic carbocycles. The predicted octanol–water partition coefficient (Wildman–Crippen LogP) is 2.36. The van der Waals surface area contributed by atoms with Gasteiger partial charge in [-0.05, 0) is 23.9 Å². The lowest BCUT2D eigenvalue weighted by Gasteiger charge is -2.40. The van der Waals surface area contributed by atoms with E-state index in [0.29, 0.717) is 19.8 Å². The zero-order chi connectivity index (χ0) is 25.4. The van der Waals surface area contributed by atoms with Crippen molar-refractivity contribution in [1.82, 2.24) is 14.9 Å². The molecule has 2 N–H and O–H groups in total. The molecule has 1 unspecified atom stereocenters. The van der Waals surface area contributed by atoms with E-state index in [1.54, 1.807) is 6.08 Å². The number of aromatic hydroxyl groups is 1. The molecule has 2 saturated heterocycles. The molecule has 0 bridgehead atoms. The number of benzene rings is 2. The van der Waals surface area contributed by atoms with Gasteiger partial charge in [-0.15, -0.1) is 0 Å². The fourth-order valence-corrected chi connectivity index (χ4v) is 5.65. The lowest BCUT2D eigenvalue weighted by molar-refractivity contribution is 0.0379. The second-order valence-electron chi connectivity index (χ2n) is 9.90. The minimum absolute atomic E-state index is 0.275. The van der Waals surface area contributed by atoms with Gasteiger partial charge in [0.05, 0.1) is 25.5 Å². The molecule has 0 saturated carbocycles. The highest BCUT2D eigenvalue weighted by molar-refractivity contribution is 5.95. The van der Waals surface area contributed by atoms with Gasteiger partial charge in [0.2, 0.25) is 5.95 Å². The van der Waals surface area contributed by atoms with Crippen molar-refractivity contribution in [2.24, 2.45) is 0 Å². The first kappa shape index (κ1) is 24.0. The van der Waals surface area contributed by atoms with E-state index in [9.17, 15) is 10.2 Å². The van der Waals surface area contributed by atoms with E-state index in [1.807, 2.05) is 35.2 Å². The van der Waals surface area contributed by atoms with Gasteiger partial charge in [-0.25, -0.2) is 4.98 Å². The normalized spacial score (nSPS) is 19.6. The van der Waals surface area contributed by atoms with Crippen molar-refractivity contribution in [3.8, 4) is 5.75 Å². The first-order chi connectivity index (χ1) is 18.1. The van der Waals surface area contributed by atoms with E-state index in [2.05, 4.69) is 27.3 Å². The Bertz CT molecular complexity index is 1290. The number of hydrogen-bond acceptors (Lipinski definition) is 9. The molecule has 0 radical (unpaired) electrons. The molecule has 3 aromatic rings. The zero-order valence-electron chi connectivity index (χ0n) is 21.1. The van der Waals surface area contributed by atoms with Crippen molar-refractivity contribution < 1.29 is 14.9 Å². The molecule has 0 spiro atoms. The maximum atomic E-state index is 10.4. The molecule has 0 amide bonds. The molecule has 3 aliphatic rings. The van der Waals surface area contributed by atoms with Crippen LogP contribution in [0.3, 0.4) is 0 Å². The summed E-state index contributed by atoms with van der Waals surface area (Å²) < 4.78 is 5.58. The van der Waals surface area contributed by atoms with Crippen LogP contribution in [0.1, 0.15) is 11.3 Å². The van der Waals surface area contributed by atoms with E-state index in [-0.39, 0.29) is 5.75 Å². The standard InChI is InChI=1S/C28H34N6O3/c1-2-26(36)31-9-11-32(12-10-31)27-23-7-8-34(25-18-21(35)17-20-5-3-4-6-22(20)25)19-24(23)29-28(30-27)33-13-15-37-16-14-33/h2-6,17-18,26,35-36H,1,7-16,19H2. The van der Waals surface area contributed by atoms with Crippen molar-refractivity contribution in [3.63, 3.8) is 0 Å². The molecule has 6 rings (SSSR count). The van der Waals surface area contributed by atoms with Crippen LogP contribution in [0.15, 0.2) is 49.1 Å². The number of piperazine rings is 1. The van der Waals surface area contributed by atoms with Crippen LogP contribution in [-0.4, -0.2) is 90.3 Å². The highest BCUT2D eigenvalue weighted by atomic mass is 16.5. The Morgan fingerprint density at radius 2 is 1.70 bits per heavy atom. The smallest absolute Gasteiger partial charge is 0.227 e. The van der Waals surface area contributed by atoms with Gasteiger partial charge in [0.1, 0.15) is 17.8 Å². The largest absolute Gasteiger partial charge is 0.508 e. The van der Waals surface area contributed by atoms with Gasteiger partial charge < -0.3 is 29.6 Å². The van der Waals surface area contributed by atoms with Gasteiger partial charge in [-0.1, -0.05) is 30.8 Å². The van der Waals surface area contributed by atoms with E-state index >= 15 is 0 Å². The number of anilines is 3. The third kappa shape index (κ3) is 4.70. The van der Waals surface area contributed by atoms with Gasteiger partial charge in [-0.3, -0.25) is 4.90 Å². The number of aliphatic hydroxyl groups excluding tert-OH is 1. The molecule has 2 fully saturated rings. The van der Waals surface area contributed by atoms with Crippen LogP contribution in [0.2, 0.25) is 0 Å². The number of rotatable bonds is 5. The molecule has 1 aromatic heterocycles. The van der Waals surface area contributed by atoms with Crippen molar-refractivity contribution >= 4 is 28.2 Å². The maximum Gasteiger partial charge on any atom is 0.227 e. The summed E-state index contributed by atoms with van der Waals surface area (Å²) in [4.78, 5) is 19.1.